The third-order valence-corrected chi connectivity index (χ3v) is 7.35. The van der Waals surface area contributed by atoms with Crippen LogP contribution in [0.2, 0.25) is 0 Å². The van der Waals surface area contributed by atoms with Gasteiger partial charge in [-0.1, -0.05) is 42.0 Å². The Bertz CT molecular complexity index is 1440. The van der Waals surface area contributed by atoms with Crippen molar-refractivity contribution in [1.82, 2.24) is 19.9 Å². The summed E-state index contributed by atoms with van der Waals surface area (Å²) in [6, 6.07) is 10.8. The van der Waals surface area contributed by atoms with Gasteiger partial charge < -0.3 is 30.6 Å². The minimum Gasteiger partial charge on any atom is -0.508 e. The van der Waals surface area contributed by atoms with Crippen LogP contribution in [0.1, 0.15) is 49.6 Å². The molecule has 0 saturated carbocycles. The van der Waals surface area contributed by atoms with Gasteiger partial charge >= 0.3 is 0 Å². The van der Waals surface area contributed by atoms with E-state index >= 15 is 0 Å². The second-order valence-corrected chi connectivity index (χ2v) is 10.4. The third kappa shape index (κ3) is 7.30. The molecule has 4 rings (SSSR count). The lowest BCUT2D eigenvalue weighted by Crippen LogP contribution is -2.25. The van der Waals surface area contributed by atoms with E-state index < -0.39 is 0 Å². The highest BCUT2D eigenvalue weighted by Crippen LogP contribution is 2.32. The summed E-state index contributed by atoms with van der Waals surface area (Å²) in [6.45, 7) is 4.38. The summed E-state index contributed by atoms with van der Waals surface area (Å²) in [5, 5.41) is 24.3. The van der Waals surface area contributed by atoms with Gasteiger partial charge in [0, 0.05) is 37.1 Å². The first-order chi connectivity index (χ1) is 18.9. The number of ether oxygens (including phenoxy) is 1. The van der Waals surface area contributed by atoms with Crippen molar-refractivity contribution in [2.24, 2.45) is 0 Å². The van der Waals surface area contributed by atoms with Gasteiger partial charge in [0.05, 0.1) is 22.0 Å². The van der Waals surface area contributed by atoms with E-state index in [2.05, 4.69) is 33.9 Å². The maximum Gasteiger partial charge on any atom is 0.229 e. The Morgan fingerprint density at radius 2 is 1.90 bits per heavy atom. The molecule has 10 heteroatoms. The molecule has 0 spiro atoms. The molecule has 0 atom stereocenters. The van der Waals surface area contributed by atoms with Gasteiger partial charge in [-0.25, -0.2) is 9.97 Å². The van der Waals surface area contributed by atoms with Crippen molar-refractivity contribution in [3.63, 3.8) is 0 Å². The van der Waals surface area contributed by atoms with Gasteiger partial charge in [-0.2, -0.15) is 0 Å². The van der Waals surface area contributed by atoms with Crippen LogP contribution in [0.15, 0.2) is 36.4 Å². The first-order valence-electron chi connectivity index (χ1n) is 13.4. The van der Waals surface area contributed by atoms with Gasteiger partial charge in [0.15, 0.2) is 5.82 Å². The van der Waals surface area contributed by atoms with E-state index in [1.165, 1.54) is 12.1 Å². The number of aryl methyl sites for hydroxylation is 2. The molecule has 2 heterocycles. The van der Waals surface area contributed by atoms with Crippen LogP contribution in [0.25, 0.3) is 21.9 Å². The third-order valence-electron chi connectivity index (χ3n) is 6.65. The number of phenolic OH excluding ortho intramolecular Hbond substituents is 2. The maximum absolute atomic E-state index is 11.3. The van der Waals surface area contributed by atoms with Crippen LogP contribution in [0.4, 0.5) is 5.82 Å². The number of aromatic nitrogens is 3. The van der Waals surface area contributed by atoms with Crippen LogP contribution in [0.5, 0.6) is 11.5 Å². The Morgan fingerprint density at radius 1 is 1.08 bits per heavy atom. The number of unbranched alkanes of at least 4 members (excludes halogenated alkanes) is 1. The SMILES string of the molecule is CCCCc1nc2c(N)nc3ccc(CCCOCCCNC(=O)CI)cc3c2n1Cc1cc(O)ccc1O. The average Bonchev–Trinajstić information content (AvgIpc) is 3.30. The molecule has 0 aliphatic carbocycles. The molecule has 0 aliphatic rings. The van der Waals surface area contributed by atoms with Gasteiger partial charge in [0.2, 0.25) is 5.91 Å². The summed E-state index contributed by atoms with van der Waals surface area (Å²) in [4.78, 5) is 20.8. The molecule has 0 unspecified atom stereocenters. The number of nitrogens with one attached hydrogen (secondary N) is 1. The highest BCUT2D eigenvalue weighted by Gasteiger charge is 2.19. The van der Waals surface area contributed by atoms with E-state index in [4.69, 9.17) is 15.5 Å². The predicted octanol–water partition coefficient (Wildman–Crippen LogP) is 4.86. The molecule has 0 radical (unpaired) electrons. The molecule has 2 aromatic carbocycles. The van der Waals surface area contributed by atoms with Crippen molar-refractivity contribution < 1.29 is 19.7 Å². The van der Waals surface area contributed by atoms with E-state index in [1.807, 2.05) is 28.7 Å². The Kier molecular flexibility index (Phi) is 10.2. The number of imidazole rings is 1. The molecule has 39 heavy (non-hydrogen) atoms. The predicted molar refractivity (Wildman–Crippen MR) is 163 cm³/mol. The molecule has 5 N–H and O–H groups in total. The molecular weight excluding hydrogens is 609 g/mol. The molecule has 4 aromatic rings. The lowest BCUT2D eigenvalue weighted by atomic mass is 10.1. The number of alkyl halides is 1. The number of hydrogen-bond donors (Lipinski definition) is 4. The second kappa shape index (κ2) is 13.8. The van der Waals surface area contributed by atoms with Crippen molar-refractivity contribution in [2.45, 2.75) is 52.0 Å². The van der Waals surface area contributed by atoms with Crippen molar-refractivity contribution in [1.29, 1.82) is 0 Å². The van der Waals surface area contributed by atoms with E-state index in [1.54, 1.807) is 6.07 Å². The first-order valence-corrected chi connectivity index (χ1v) is 14.9. The van der Waals surface area contributed by atoms with Crippen molar-refractivity contribution in [3.05, 3.63) is 53.3 Å². The summed E-state index contributed by atoms with van der Waals surface area (Å²) in [5.74, 6) is 1.53. The number of fused-ring (bicyclic) bond motifs is 3. The molecule has 0 aliphatic heterocycles. The summed E-state index contributed by atoms with van der Waals surface area (Å²) in [7, 11) is 0. The Morgan fingerprint density at radius 3 is 2.69 bits per heavy atom. The Labute approximate surface area is 241 Å². The first kappa shape index (κ1) is 28.9. The van der Waals surface area contributed by atoms with Crippen LogP contribution in [0, 0.1) is 0 Å². The topological polar surface area (TPSA) is 136 Å². The standard InChI is InChI=1S/C29H36IN5O4/c1-2-3-7-25-34-27-28(35(25)18-20-16-21(36)9-11-24(20)37)22-15-19(8-10-23(22)33-29(27)31)6-4-13-39-14-5-12-32-26(38)17-30/h8-11,15-16,36-37H,2-7,12-14,17-18H2,1H3,(H2,31,33)(H,32,38). The quantitative estimate of drug-likeness (QED) is 0.0666. The van der Waals surface area contributed by atoms with Crippen molar-refractivity contribution in [3.8, 4) is 11.5 Å². The zero-order valence-electron chi connectivity index (χ0n) is 22.3. The number of nitrogen functional groups attached to an aromatic ring is 1. The van der Waals surface area contributed by atoms with E-state index in [0.717, 1.165) is 66.3 Å². The van der Waals surface area contributed by atoms with Crippen molar-refractivity contribution in [2.75, 3.05) is 29.9 Å². The fourth-order valence-electron chi connectivity index (χ4n) is 4.65. The number of carbonyl (C=O) groups excluding carboxylic acids is 1. The van der Waals surface area contributed by atoms with Crippen LogP contribution in [-0.2, 0) is 28.9 Å². The van der Waals surface area contributed by atoms with Gasteiger partial charge in [0.25, 0.3) is 0 Å². The van der Waals surface area contributed by atoms with E-state index in [0.29, 0.717) is 47.6 Å². The summed E-state index contributed by atoms with van der Waals surface area (Å²) >= 11 is 2.05. The number of anilines is 1. The Hall–Kier alpha value is -3.12. The van der Waals surface area contributed by atoms with E-state index in [-0.39, 0.29) is 17.4 Å². The monoisotopic (exact) mass is 645 g/mol. The molecule has 0 saturated heterocycles. The molecule has 208 valence electrons. The van der Waals surface area contributed by atoms with E-state index in [9.17, 15) is 15.0 Å². The number of rotatable bonds is 14. The lowest BCUT2D eigenvalue weighted by Gasteiger charge is -2.13. The molecule has 0 fully saturated rings. The molecular formula is C29H36IN5O4. The number of nitrogens with two attached hydrogens (primary N) is 1. The number of hydrogen-bond acceptors (Lipinski definition) is 7. The smallest absolute Gasteiger partial charge is 0.229 e. The highest BCUT2D eigenvalue weighted by atomic mass is 127. The number of pyridine rings is 1. The zero-order chi connectivity index (χ0) is 27.8. The lowest BCUT2D eigenvalue weighted by molar-refractivity contribution is -0.118. The zero-order valence-corrected chi connectivity index (χ0v) is 24.4. The minimum atomic E-state index is 0.0507. The van der Waals surface area contributed by atoms with Gasteiger partial charge in [-0.15, -0.1) is 0 Å². The van der Waals surface area contributed by atoms with Crippen molar-refractivity contribution >= 4 is 56.3 Å². The summed E-state index contributed by atoms with van der Waals surface area (Å²) in [5.41, 5.74) is 10.5. The number of aromatic hydroxyl groups is 2. The van der Waals surface area contributed by atoms with Gasteiger partial charge in [0.1, 0.15) is 22.8 Å². The number of phenols is 2. The van der Waals surface area contributed by atoms with Crippen LogP contribution >= 0.6 is 22.6 Å². The number of carbonyl (C=O) groups is 1. The summed E-state index contributed by atoms with van der Waals surface area (Å²) < 4.78 is 8.32. The second-order valence-electron chi connectivity index (χ2n) is 9.63. The van der Waals surface area contributed by atoms with Crippen LogP contribution in [0.3, 0.4) is 0 Å². The van der Waals surface area contributed by atoms with Crippen LogP contribution < -0.4 is 11.1 Å². The normalized spacial score (nSPS) is 11.4. The molecule has 1 amide bonds. The molecule has 9 nitrogen and oxygen atoms in total. The van der Waals surface area contributed by atoms with Gasteiger partial charge in [-0.3, -0.25) is 4.79 Å². The summed E-state index contributed by atoms with van der Waals surface area (Å²) in [6.07, 6.45) is 5.27. The highest BCUT2D eigenvalue weighted by molar-refractivity contribution is 14.1. The number of benzene rings is 2. The molecule has 2 aromatic heterocycles. The van der Waals surface area contributed by atoms with Crippen LogP contribution in [-0.4, -0.2) is 54.8 Å². The Balaban J connectivity index is 1.57. The minimum absolute atomic E-state index is 0.0507. The number of nitrogens with zero attached hydrogens (tertiary/aromatic N) is 3. The fourth-order valence-corrected chi connectivity index (χ4v) is 4.92. The number of halogens is 1. The average molecular weight is 646 g/mol. The molecule has 0 bridgehead atoms. The largest absolute Gasteiger partial charge is 0.508 e. The number of amides is 1. The fraction of sp³-hybridized carbons (Fsp3) is 0.414. The maximum atomic E-state index is 11.3. The van der Waals surface area contributed by atoms with Gasteiger partial charge in [-0.05, 0) is 61.6 Å².